The SMILES string of the molecule is O=C(CCc1ccc(C(=O)O)cc1)NC1(c2ccc(F)cc2F)CCOCC1. The highest BCUT2D eigenvalue weighted by Gasteiger charge is 2.38. The van der Waals surface area contributed by atoms with Crippen LogP contribution in [0.2, 0.25) is 0 Å². The highest BCUT2D eigenvalue weighted by molar-refractivity contribution is 5.87. The van der Waals surface area contributed by atoms with E-state index < -0.39 is 23.1 Å². The number of nitrogens with one attached hydrogen (secondary N) is 1. The number of carboxylic acid groups (broad SMARTS) is 1. The molecule has 148 valence electrons. The van der Waals surface area contributed by atoms with Crippen LogP contribution >= 0.6 is 0 Å². The number of aromatic carboxylic acids is 1. The Kier molecular flexibility index (Phi) is 6.04. The summed E-state index contributed by atoms with van der Waals surface area (Å²) >= 11 is 0. The summed E-state index contributed by atoms with van der Waals surface area (Å²) in [6, 6.07) is 9.70. The van der Waals surface area contributed by atoms with Crippen molar-refractivity contribution in [3.63, 3.8) is 0 Å². The highest BCUT2D eigenvalue weighted by Crippen LogP contribution is 2.34. The lowest BCUT2D eigenvalue weighted by Crippen LogP contribution is -2.50. The molecule has 0 radical (unpaired) electrons. The lowest BCUT2D eigenvalue weighted by atomic mass is 9.82. The predicted molar refractivity (Wildman–Crippen MR) is 98.0 cm³/mol. The van der Waals surface area contributed by atoms with Gasteiger partial charge in [0.2, 0.25) is 5.91 Å². The highest BCUT2D eigenvalue weighted by atomic mass is 19.1. The first-order valence-electron chi connectivity index (χ1n) is 9.06. The summed E-state index contributed by atoms with van der Waals surface area (Å²) in [5, 5.41) is 11.9. The Bertz CT molecular complexity index is 861. The van der Waals surface area contributed by atoms with Crippen LogP contribution in [0.3, 0.4) is 0 Å². The summed E-state index contributed by atoms with van der Waals surface area (Å²) in [5.74, 6) is -2.62. The molecule has 1 amide bonds. The molecule has 2 aromatic rings. The van der Waals surface area contributed by atoms with Crippen LogP contribution in [0, 0.1) is 11.6 Å². The third-order valence-corrected chi connectivity index (χ3v) is 5.01. The molecular weight excluding hydrogens is 368 g/mol. The van der Waals surface area contributed by atoms with Gasteiger partial charge < -0.3 is 15.2 Å². The number of aryl methyl sites for hydroxylation is 1. The van der Waals surface area contributed by atoms with Gasteiger partial charge in [0, 0.05) is 31.3 Å². The van der Waals surface area contributed by atoms with Crippen molar-refractivity contribution in [2.75, 3.05) is 13.2 Å². The van der Waals surface area contributed by atoms with Gasteiger partial charge >= 0.3 is 5.97 Å². The molecule has 0 bridgehead atoms. The Morgan fingerprint density at radius 2 is 1.75 bits per heavy atom. The number of carboxylic acids is 1. The van der Waals surface area contributed by atoms with E-state index in [2.05, 4.69) is 5.32 Å². The van der Waals surface area contributed by atoms with Crippen LogP contribution in [0.15, 0.2) is 42.5 Å². The van der Waals surface area contributed by atoms with Gasteiger partial charge in [0.25, 0.3) is 0 Å². The van der Waals surface area contributed by atoms with E-state index >= 15 is 0 Å². The largest absolute Gasteiger partial charge is 0.478 e. The zero-order chi connectivity index (χ0) is 20.1. The van der Waals surface area contributed by atoms with Gasteiger partial charge in [-0.1, -0.05) is 18.2 Å². The Morgan fingerprint density at radius 1 is 1.07 bits per heavy atom. The molecule has 28 heavy (non-hydrogen) atoms. The molecule has 1 fully saturated rings. The average molecular weight is 389 g/mol. The lowest BCUT2D eigenvalue weighted by Gasteiger charge is -2.38. The molecule has 2 aromatic carbocycles. The summed E-state index contributed by atoms with van der Waals surface area (Å²) in [6.45, 7) is 0.738. The van der Waals surface area contributed by atoms with Gasteiger partial charge in [-0.3, -0.25) is 4.79 Å². The molecule has 0 unspecified atom stereocenters. The van der Waals surface area contributed by atoms with E-state index in [4.69, 9.17) is 9.84 Å². The molecule has 7 heteroatoms. The smallest absolute Gasteiger partial charge is 0.335 e. The minimum Gasteiger partial charge on any atom is -0.478 e. The van der Waals surface area contributed by atoms with Crippen LogP contribution in [0.25, 0.3) is 0 Å². The van der Waals surface area contributed by atoms with Gasteiger partial charge in [-0.05, 0) is 43.0 Å². The van der Waals surface area contributed by atoms with Crippen LogP contribution in [0.4, 0.5) is 8.78 Å². The monoisotopic (exact) mass is 389 g/mol. The second-order valence-corrected chi connectivity index (χ2v) is 6.87. The van der Waals surface area contributed by atoms with E-state index in [9.17, 15) is 18.4 Å². The molecule has 1 saturated heterocycles. The van der Waals surface area contributed by atoms with E-state index in [-0.39, 0.29) is 23.5 Å². The van der Waals surface area contributed by atoms with Crippen LogP contribution in [0.1, 0.15) is 40.7 Å². The molecule has 3 rings (SSSR count). The molecule has 1 heterocycles. The van der Waals surface area contributed by atoms with E-state index in [0.29, 0.717) is 32.5 Å². The summed E-state index contributed by atoms with van der Waals surface area (Å²) in [7, 11) is 0. The topological polar surface area (TPSA) is 75.6 Å². The first-order valence-corrected chi connectivity index (χ1v) is 9.06. The fourth-order valence-corrected chi connectivity index (χ4v) is 3.46. The Labute approximate surface area is 161 Å². The maximum atomic E-state index is 14.4. The van der Waals surface area contributed by atoms with Gasteiger partial charge in [0.05, 0.1) is 11.1 Å². The van der Waals surface area contributed by atoms with Crippen molar-refractivity contribution in [1.29, 1.82) is 0 Å². The summed E-state index contributed by atoms with van der Waals surface area (Å²) in [6.07, 6.45) is 1.38. The van der Waals surface area contributed by atoms with Crippen molar-refractivity contribution >= 4 is 11.9 Å². The van der Waals surface area contributed by atoms with E-state index in [1.54, 1.807) is 12.1 Å². The van der Waals surface area contributed by atoms with Gasteiger partial charge in [0.1, 0.15) is 11.6 Å². The number of rotatable bonds is 6. The molecule has 0 saturated carbocycles. The number of hydrogen-bond acceptors (Lipinski definition) is 3. The fourth-order valence-electron chi connectivity index (χ4n) is 3.46. The Balaban J connectivity index is 1.70. The maximum Gasteiger partial charge on any atom is 0.335 e. The molecule has 0 aromatic heterocycles. The molecule has 1 aliphatic rings. The third-order valence-electron chi connectivity index (χ3n) is 5.01. The Hall–Kier alpha value is -2.80. The van der Waals surface area contributed by atoms with Crippen LogP contribution < -0.4 is 5.32 Å². The molecule has 0 aliphatic carbocycles. The average Bonchev–Trinajstić information content (AvgIpc) is 2.67. The minimum atomic E-state index is -1.01. The number of benzene rings is 2. The van der Waals surface area contributed by atoms with Gasteiger partial charge in [-0.15, -0.1) is 0 Å². The normalized spacial score (nSPS) is 15.8. The van der Waals surface area contributed by atoms with Crippen molar-refractivity contribution in [3.8, 4) is 0 Å². The predicted octanol–water partition coefficient (Wildman–Crippen LogP) is 3.42. The number of carbonyl (C=O) groups is 2. The van der Waals surface area contributed by atoms with Crippen molar-refractivity contribution in [1.82, 2.24) is 5.32 Å². The van der Waals surface area contributed by atoms with E-state index in [1.807, 2.05) is 0 Å². The number of carbonyl (C=O) groups excluding carboxylic acids is 1. The number of amides is 1. The second kappa shape index (κ2) is 8.48. The number of halogens is 2. The van der Waals surface area contributed by atoms with Gasteiger partial charge in [0.15, 0.2) is 0 Å². The Morgan fingerprint density at radius 3 is 2.36 bits per heavy atom. The van der Waals surface area contributed by atoms with Crippen molar-refractivity contribution in [2.45, 2.75) is 31.2 Å². The van der Waals surface area contributed by atoms with Crippen LogP contribution in [0.5, 0.6) is 0 Å². The minimum absolute atomic E-state index is 0.165. The number of hydrogen-bond donors (Lipinski definition) is 2. The second-order valence-electron chi connectivity index (χ2n) is 6.87. The van der Waals surface area contributed by atoms with Gasteiger partial charge in [-0.25, -0.2) is 13.6 Å². The third kappa shape index (κ3) is 4.54. The van der Waals surface area contributed by atoms with E-state index in [1.165, 1.54) is 24.3 Å². The van der Waals surface area contributed by atoms with Crippen molar-refractivity contribution in [3.05, 3.63) is 70.8 Å². The molecule has 0 atom stereocenters. The fraction of sp³-hybridized carbons (Fsp3) is 0.333. The molecule has 2 N–H and O–H groups in total. The van der Waals surface area contributed by atoms with Gasteiger partial charge in [-0.2, -0.15) is 0 Å². The first-order chi connectivity index (χ1) is 13.4. The first kappa shape index (κ1) is 19.9. The molecule has 0 spiro atoms. The summed E-state index contributed by atoms with van der Waals surface area (Å²) in [5.41, 5.74) is 0.340. The zero-order valence-electron chi connectivity index (χ0n) is 15.2. The van der Waals surface area contributed by atoms with Crippen LogP contribution in [-0.2, 0) is 21.5 Å². The quantitative estimate of drug-likeness (QED) is 0.794. The molecule has 5 nitrogen and oxygen atoms in total. The maximum absolute atomic E-state index is 14.4. The van der Waals surface area contributed by atoms with E-state index in [0.717, 1.165) is 11.6 Å². The summed E-state index contributed by atoms with van der Waals surface area (Å²) in [4.78, 5) is 23.5. The molecule has 1 aliphatic heterocycles. The van der Waals surface area contributed by atoms with Crippen LogP contribution in [-0.4, -0.2) is 30.2 Å². The standard InChI is InChI=1S/C21H21F2NO4/c22-16-6-7-17(18(23)13-16)21(9-11-28-12-10-21)24-19(25)8-3-14-1-4-15(5-2-14)20(26)27/h1-2,4-7,13H,3,8-12H2,(H,24,25)(H,26,27). The van der Waals surface area contributed by atoms with Crippen molar-refractivity contribution < 1.29 is 28.2 Å². The number of ether oxygens (including phenoxy) is 1. The van der Waals surface area contributed by atoms with Crippen molar-refractivity contribution in [2.24, 2.45) is 0 Å². The molecular formula is C21H21F2NO4. The summed E-state index contributed by atoms with van der Waals surface area (Å²) < 4.78 is 33.1. The lowest BCUT2D eigenvalue weighted by molar-refractivity contribution is -0.124. The zero-order valence-corrected chi connectivity index (χ0v) is 15.2.